The molecule has 1 rings (SSSR count). The fraction of sp³-hybridized carbons (Fsp3) is 1.00. The second-order valence-corrected chi connectivity index (χ2v) is 8.93. The summed E-state index contributed by atoms with van der Waals surface area (Å²) in [7, 11) is -11.1. The smallest absolute Gasteiger partial charge is 0.380 e. The molecule has 0 aromatic carbocycles. The molecule has 0 amide bonds. The number of phosphoric acid groups is 3. The van der Waals surface area contributed by atoms with Crippen molar-refractivity contribution in [3.05, 3.63) is 10.4 Å². The number of phosphoric ester groups is 1. The fourth-order valence-corrected chi connectivity index (χ4v) is 4.75. The maximum atomic E-state index is 13.1. The molecule has 0 aliphatic carbocycles. The Morgan fingerprint density at radius 3 is 2.42 bits per heavy atom. The summed E-state index contributed by atoms with van der Waals surface area (Å²) in [4.78, 5) is 37.2. The molecule has 1 saturated heterocycles. The molecule has 148 valence electrons. The van der Waals surface area contributed by atoms with Gasteiger partial charge in [0.15, 0.2) is 0 Å². The lowest BCUT2D eigenvalue weighted by Gasteiger charge is -2.21. The zero-order valence-electron chi connectivity index (χ0n) is 12.4. The van der Waals surface area contributed by atoms with Crippen molar-refractivity contribution in [3.63, 3.8) is 0 Å². The number of nitrogens with zero attached hydrogens (tertiary/aromatic N) is 3. The Morgan fingerprint density at radius 1 is 1.27 bits per heavy atom. The van der Waals surface area contributed by atoms with Crippen molar-refractivity contribution in [1.29, 1.82) is 0 Å². The molecule has 0 spiro atoms. The van der Waals surface area contributed by atoms with E-state index < -0.39 is 54.8 Å². The van der Waals surface area contributed by atoms with Gasteiger partial charge in [-0.25, -0.2) is 18.1 Å². The van der Waals surface area contributed by atoms with Crippen molar-refractivity contribution in [3.8, 4) is 0 Å². The molecular weight excluding hydrogens is 429 g/mol. The molecule has 6 atom stereocenters. The van der Waals surface area contributed by atoms with E-state index in [4.69, 9.17) is 32.8 Å². The number of halogens is 1. The highest BCUT2D eigenvalue weighted by Gasteiger charge is 2.42. The molecule has 4 N–H and O–H groups in total. The Kier molecular flexibility index (Phi) is 8.39. The van der Waals surface area contributed by atoms with E-state index in [0.29, 0.717) is 0 Å². The number of hydrogen-bond donors (Lipinski definition) is 4. The first-order chi connectivity index (χ1) is 11.7. The summed E-state index contributed by atoms with van der Waals surface area (Å²) in [5.41, 5.74) is 8.08. The highest BCUT2D eigenvalue weighted by atomic mass is 31.3. The van der Waals surface area contributed by atoms with Gasteiger partial charge in [-0.2, -0.15) is 8.62 Å². The third kappa shape index (κ3) is 9.02. The third-order valence-electron chi connectivity index (χ3n) is 2.48. The topological polar surface area (TPSA) is 227 Å². The van der Waals surface area contributed by atoms with Crippen molar-refractivity contribution in [2.75, 3.05) is 6.61 Å². The quantitative estimate of drug-likeness (QED) is 0.0911. The normalized spacial score (nSPS) is 29.3. The van der Waals surface area contributed by atoms with Gasteiger partial charge in [0.05, 0.1) is 12.7 Å². The second-order valence-electron chi connectivity index (χ2n) is 4.51. The molecule has 0 bridgehead atoms. The first-order valence-electron chi connectivity index (χ1n) is 6.26. The van der Waals surface area contributed by atoms with Gasteiger partial charge in [0.25, 0.3) is 6.48 Å². The highest BCUT2D eigenvalue weighted by molar-refractivity contribution is 7.66. The lowest BCUT2D eigenvalue weighted by Crippen LogP contribution is -2.30. The molecule has 20 heteroatoms. The largest absolute Gasteiger partial charge is 0.490 e. The van der Waals surface area contributed by atoms with Crippen molar-refractivity contribution in [1.82, 2.24) is 0 Å². The molecule has 1 aliphatic rings. The van der Waals surface area contributed by atoms with Gasteiger partial charge in [0, 0.05) is 10.9 Å². The van der Waals surface area contributed by atoms with E-state index in [1.54, 1.807) is 0 Å². The molecule has 2 radical (unpaired) electrons. The van der Waals surface area contributed by atoms with Crippen LogP contribution in [0.5, 0.6) is 0 Å². The highest BCUT2D eigenvalue weighted by Crippen LogP contribution is 2.66. The fourth-order valence-electron chi connectivity index (χ4n) is 1.72. The van der Waals surface area contributed by atoms with Crippen LogP contribution in [0.15, 0.2) is 5.11 Å². The zero-order valence-corrected chi connectivity index (χ0v) is 15.1. The summed E-state index contributed by atoms with van der Waals surface area (Å²) in [5.74, 6) is 0. The number of hydrogen-bond acceptors (Lipinski definition) is 9. The lowest BCUT2D eigenvalue weighted by molar-refractivity contribution is -0.111. The van der Waals surface area contributed by atoms with Crippen molar-refractivity contribution >= 4 is 31.3 Å². The van der Waals surface area contributed by atoms with Crippen LogP contribution in [0.3, 0.4) is 0 Å². The van der Waals surface area contributed by atoms with Crippen LogP contribution in [0, 0.1) is 0 Å². The van der Waals surface area contributed by atoms with Gasteiger partial charge in [-0.05, 0) is 17.1 Å². The lowest BCUT2D eigenvalue weighted by atomic mass is 9.96. The summed E-state index contributed by atoms with van der Waals surface area (Å²) in [5, 5.41) is 2.60. The van der Waals surface area contributed by atoms with Gasteiger partial charge in [-0.1, -0.05) is 0 Å². The van der Waals surface area contributed by atoms with E-state index in [0.717, 1.165) is 0 Å². The van der Waals surface area contributed by atoms with Crippen LogP contribution in [0.4, 0.5) is 4.39 Å². The van der Waals surface area contributed by atoms with E-state index in [9.17, 15) is 23.0 Å². The van der Waals surface area contributed by atoms with Gasteiger partial charge in [0.2, 0.25) is 0 Å². The number of azide groups is 1. The second kappa shape index (κ2) is 9.22. The summed E-state index contributed by atoms with van der Waals surface area (Å²) in [6.07, 6.45) is -2.58. The number of rotatable bonds is 10. The molecule has 1 fully saturated rings. The minimum absolute atomic E-state index is 0.119. The summed E-state index contributed by atoms with van der Waals surface area (Å²) in [6.45, 7) is -3.29. The van der Waals surface area contributed by atoms with Crippen molar-refractivity contribution in [2.45, 2.75) is 31.1 Å². The summed E-state index contributed by atoms with van der Waals surface area (Å²) in [6, 6.07) is -0.993. The van der Waals surface area contributed by atoms with Crippen LogP contribution < -0.4 is 0 Å². The monoisotopic (exact) mass is 441 g/mol. The van der Waals surface area contributed by atoms with Crippen molar-refractivity contribution in [2.24, 2.45) is 5.11 Å². The van der Waals surface area contributed by atoms with Crippen LogP contribution in [-0.4, -0.2) is 58.7 Å². The Bertz CT molecular complexity index is 685. The molecule has 4 unspecified atom stereocenters. The Labute approximate surface area is 145 Å². The summed E-state index contributed by atoms with van der Waals surface area (Å²) >= 11 is 0. The average Bonchev–Trinajstić information content (AvgIpc) is 2.72. The van der Waals surface area contributed by atoms with E-state index in [-0.39, 0.29) is 6.42 Å². The van der Waals surface area contributed by atoms with E-state index in [1.165, 1.54) is 0 Å². The van der Waals surface area contributed by atoms with E-state index in [2.05, 4.69) is 27.9 Å². The SMILES string of the molecule is [B][C@H]1C[C@@H](OC(F)N=[N+]=[N-])C(COP(=O)(O)OP(=O)(O)OP(=O)(O)O)O1. The minimum Gasteiger partial charge on any atom is -0.380 e. The first kappa shape index (κ1) is 23.7. The van der Waals surface area contributed by atoms with Crippen LogP contribution >= 0.6 is 23.5 Å². The molecule has 0 aromatic heterocycles. The average molecular weight is 441 g/mol. The number of ether oxygens (including phenoxy) is 2. The van der Waals surface area contributed by atoms with Gasteiger partial charge >= 0.3 is 23.5 Å². The zero-order chi connectivity index (χ0) is 20.2. The van der Waals surface area contributed by atoms with Crippen LogP contribution in [0.25, 0.3) is 10.4 Å². The standard InChI is InChI=1S/C6H12BFN3O12P3/c7-5-1-3(21-6(8)10-11-9)4(20-5)2-19-25(15,16)23-26(17,18)22-24(12,13)14/h3-6H,1-2H2,(H,15,16)(H,17,18)(H2,12,13,14)/t3-,4?,5-,6?/m1/s1. The minimum atomic E-state index is -5.67. The predicted molar refractivity (Wildman–Crippen MR) is 77.8 cm³/mol. The maximum absolute atomic E-state index is 13.1. The molecule has 0 saturated carbocycles. The van der Waals surface area contributed by atoms with Gasteiger partial charge < -0.3 is 29.0 Å². The maximum Gasteiger partial charge on any atom is 0.490 e. The van der Waals surface area contributed by atoms with Gasteiger partial charge in [-0.3, -0.25) is 4.52 Å². The van der Waals surface area contributed by atoms with Crippen LogP contribution in [-0.2, 0) is 36.3 Å². The van der Waals surface area contributed by atoms with E-state index in [1.807, 2.05) is 0 Å². The van der Waals surface area contributed by atoms with Gasteiger partial charge in [0.1, 0.15) is 14.0 Å². The molecule has 0 aromatic rings. The third-order valence-corrected chi connectivity index (χ3v) is 6.28. The Balaban J connectivity index is 2.66. The molecule has 1 heterocycles. The molecular formula is C6H12BFN3O12P3. The summed E-state index contributed by atoms with van der Waals surface area (Å²) < 4.78 is 67.3. The van der Waals surface area contributed by atoms with Crippen LogP contribution in [0.2, 0.25) is 0 Å². The molecule has 1 aliphatic heterocycles. The molecule has 15 nitrogen and oxygen atoms in total. The Morgan fingerprint density at radius 2 is 1.88 bits per heavy atom. The van der Waals surface area contributed by atoms with E-state index >= 15 is 0 Å². The Hall–Kier alpha value is -0.365. The van der Waals surface area contributed by atoms with Crippen molar-refractivity contribution < 1.29 is 60.3 Å². The predicted octanol–water partition coefficient (Wildman–Crippen LogP) is 0.562. The number of alkyl halides is 1. The van der Waals surface area contributed by atoms with Crippen LogP contribution in [0.1, 0.15) is 6.42 Å². The first-order valence-corrected chi connectivity index (χ1v) is 10.8. The van der Waals surface area contributed by atoms with Gasteiger partial charge in [-0.15, -0.1) is 0 Å². The molecule has 26 heavy (non-hydrogen) atoms.